The lowest BCUT2D eigenvalue weighted by atomic mass is 9.98. The van der Waals surface area contributed by atoms with Gasteiger partial charge in [-0.2, -0.15) is 0 Å². The molecular formula is C17H16FN. The van der Waals surface area contributed by atoms with Crippen molar-refractivity contribution >= 4 is 5.69 Å². The molecule has 0 aliphatic carbocycles. The van der Waals surface area contributed by atoms with Gasteiger partial charge in [0.05, 0.1) is 6.57 Å². The normalized spacial score (nSPS) is 10.5. The fourth-order valence-electron chi connectivity index (χ4n) is 2.17. The van der Waals surface area contributed by atoms with Crippen LogP contribution in [-0.2, 0) is 6.42 Å². The summed E-state index contributed by atoms with van der Waals surface area (Å²) in [5, 5.41) is 0. The highest BCUT2D eigenvalue weighted by Gasteiger charge is 2.10. The Morgan fingerprint density at radius 1 is 1.11 bits per heavy atom. The predicted molar refractivity (Wildman–Crippen MR) is 76.6 cm³/mol. The van der Waals surface area contributed by atoms with Gasteiger partial charge in [-0.1, -0.05) is 50.2 Å². The molecule has 0 radical (unpaired) electrons. The maximum atomic E-state index is 14.2. The third-order valence-corrected chi connectivity index (χ3v) is 2.99. The van der Waals surface area contributed by atoms with Crippen molar-refractivity contribution in [1.82, 2.24) is 0 Å². The first-order valence-electron chi connectivity index (χ1n) is 6.37. The number of benzene rings is 2. The van der Waals surface area contributed by atoms with E-state index >= 15 is 0 Å². The topological polar surface area (TPSA) is 4.36 Å². The second kappa shape index (κ2) is 5.67. The molecule has 1 nitrogen and oxygen atoms in total. The molecule has 0 aliphatic rings. The van der Waals surface area contributed by atoms with E-state index in [2.05, 4.69) is 18.7 Å². The van der Waals surface area contributed by atoms with Crippen molar-refractivity contribution in [2.45, 2.75) is 20.3 Å². The Hall–Kier alpha value is -2.14. The van der Waals surface area contributed by atoms with Gasteiger partial charge in [0.2, 0.25) is 0 Å². The van der Waals surface area contributed by atoms with Gasteiger partial charge in [0, 0.05) is 5.56 Å². The van der Waals surface area contributed by atoms with E-state index in [0.717, 1.165) is 12.0 Å². The summed E-state index contributed by atoms with van der Waals surface area (Å²) < 4.78 is 14.2. The van der Waals surface area contributed by atoms with Crippen LogP contribution in [0.25, 0.3) is 16.0 Å². The van der Waals surface area contributed by atoms with Gasteiger partial charge < -0.3 is 0 Å². The maximum absolute atomic E-state index is 14.2. The molecule has 0 fully saturated rings. The fourth-order valence-corrected chi connectivity index (χ4v) is 2.17. The number of rotatable bonds is 3. The summed E-state index contributed by atoms with van der Waals surface area (Å²) in [6.45, 7) is 11.4. The number of halogens is 1. The highest BCUT2D eigenvalue weighted by molar-refractivity contribution is 5.78. The number of para-hydroxylation sites is 1. The Labute approximate surface area is 113 Å². The summed E-state index contributed by atoms with van der Waals surface area (Å²) in [5.41, 5.74) is 2.64. The average Bonchev–Trinajstić information content (AvgIpc) is 2.38. The molecule has 2 aromatic rings. The zero-order chi connectivity index (χ0) is 13.8. The van der Waals surface area contributed by atoms with Crippen LogP contribution in [0.5, 0.6) is 0 Å². The van der Waals surface area contributed by atoms with Gasteiger partial charge in [0.15, 0.2) is 5.69 Å². The van der Waals surface area contributed by atoms with Gasteiger partial charge in [-0.15, -0.1) is 0 Å². The van der Waals surface area contributed by atoms with Crippen LogP contribution in [0.3, 0.4) is 0 Å². The smallest absolute Gasteiger partial charge is 0.195 e. The van der Waals surface area contributed by atoms with Crippen LogP contribution in [0.4, 0.5) is 10.1 Å². The molecule has 0 saturated heterocycles. The molecule has 0 heterocycles. The van der Waals surface area contributed by atoms with Crippen LogP contribution < -0.4 is 0 Å². The molecule has 2 heteroatoms. The van der Waals surface area contributed by atoms with Crippen molar-refractivity contribution in [3.8, 4) is 11.1 Å². The van der Waals surface area contributed by atoms with Crippen molar-refractivity contribution < 1.29 is 4.39 Å². The summed E-state index contributed by atoms with van der Waals surface area (Å²) >= 11 is 0. The summed E-state index contributed by atoms with van der Waals surface area (Å²) in [6.07, 6.45) is 0.863. The zero-order valence-electron chi connectivity index (χ0n) is 11.2. The van der Waals surface area contributed by atoms with Crippen molar-refractivity contribution in [2.24, 2.45) is 5.92 Å². The van der Waals surface area contributed by atoms with Gasteiger partial charge in [-0.3, -0.25) is 0 Å². The first-order valence-corrected chi connectivity index (χ1v) is 6.37. The third kappa shape index (κ3) is 3.00. The van der Waals surface area contributed by atoms with Gasteiger partial charge >= 0.3 is 0 Å². The van der Waals surface area contributed by atoms with Crippen LogP contribution in [-0.4, -0.2) is 0 Å². The Morgan fingerprint density at radius 2 is 1.84 bits per heavy atom. The van der Waals surface area contributed by atoms with E-state index in [1.807, 2.05) is 12.1 Å². The standard InChI is InChI=1S/C17H16FN/c1-12(2)10-13-8-9-14(16(18)11-13)15-6-4-5-7-17(15)19-3/h4-9,11-12H,10H2,1-2H3. The Bertz CT molecular complexity index is 623. The second-order valence-electron chi connectivity index (χ2n) is 5.04. The Balaban J connectivity index is 2.44. The minimum absolute atomic E-state index is 0.255. The third-order valence-electron chi connectivity index (χ3n) is 2.99. The fraction of sp³-hybridized carbons (Fsp3) is 0.235. The Morgan fingerprint density at radius 3 is 2.47 bits per heavy atom. The van der Waals surface area contributed by atoms with Crippen molar-refractivity contribution in [3.63, 3.8) is 0 Å². The number of nitrogens with zero attached hydrogens (tertiary/aromatic N) is 1. The zero-order valence-corrected chi connectivity index (χ0v) is 11.2. The highest BCUT2D eigenvalue weighted by Crippen LogP contribution is 2.32. The lowest BCUT2D eigenvalue weighted by molar-refractivity contribution is 0.615. The molecule has 0 aliphatic heterocycles. The van der Waals surface area contributed by atoms with E-state index in [1.165, 1.54) is 0 Å². The molecule has 2 rings (SSSR count). The van der Waals surface area contributed by atoms with E-state index in [0.29, 0.717) is 22.7 Å². The number of hydrogen-bond acceptors (Lipinski definition) is 0. The van der Waals surface area contributed by atoms with E-state index in [9.17, 15) is 4.39 Å². The molecule has 0 atom stereocenters. The molecule has 0 saturated carbocycles. The minimum atomic E-state index is -0.255. The molecular weight excluding hydrogens is 237 g/mol. The maximum Gasteiger partial charge on any atom is 0.195 e. The first-order chi connectivity index (χ1) is 9.11. The molecule has 0 amide bonds. The SMILES string of the molecule is [C-]#[N+]c1ccccc1-c1ccc(CC(C)C)cc1F. The Kier molecular flexibility index (Phi) is 3.97. The summed E-state index contributed by atoms with van der Waals surface area (Å²) in [5.74, 6) is 0.245. The summed E-state index contributed by atoms with van der Waals surface area (Å²) in [6, 6.07) is 12.4. The van der Waals surface area contributed by atoms with Crippen LogP contribution in [0.15, 0.2) is 42.5 Å². The van der Waals surface area contributed by atoms with Crippen LogP contribution in [0, 0.1) is 18.3 Å². The molecule has 0 spiro atoms. The molecule has 96 valence electrons. The van der Waals surface area contributed by atoms with Gasteiger partial charge in [0.25, 0.3) is 0 Å². The second-order valence-corrected chi connectivity index (χ2v) is 5.04. The average molecular weight is 253 g/mol. The van der Waals surface area contributed by atoms with Crippen molar-refractivity contribution in [2.75, 3.05) is 0 Å². The minimum Gasteiger partial charge on any atom is -0.238 e. The highest BCUT2D eigenvalue weighted by atomic mass is 19.1. The molecule has 0 unspecified atom stereocenters. The number of hydrogen-bond donors (Lipinski definition) is 0. The molecule has 0 bridgehead atoms. The van der Waals surface area contributed by atoms with E-state index in [4.69, 9.17) is 6.57 Å². The largest absolute Gasteiger partial charge is 0.238 e. The molecule has 19 heavy (non-hydrogen) atoms. The van der Waals surface area contributed by atoms with Gasteiger partial charge in [-0.05, 0) is 29.5 Å². The lowest BCUT2D eigenvalue weighted by Crippen LogP contribution is -1.95. The van der Waals surface area contributed by atoms with Crippen molar-refractivity contribution in [3.05, 3.63) is 65.3 Å². The summed E-state index contributed by atoms with van der Waals surface area (Å²) in [7, 11) is 0. The van der Waals surface area contributed by atoms with Crippen molar-refractivity contribution in [1.29, 1.82) is 0 Å². The van der Waals surface area contributed by atoms with E-state index in [1.54, 1.807) is 30.3 Å². The summed E-state index contributed by atoms with van der Waals surface area (Å²) in [4.78, 5) is 3.44. The van der Waals surface area contributed by atoms with Gasteiger partial charge in [-0.25, -0.2) is 9.24 Å². The van der Waals surface area contributed by atoms with E-state index in [-0.39, 0.29) is 5.82 Å². The molecule has 0 aromatic heterocycles. The lowest BCUT2D eigenvalue weighted by Gasteiger charge is -2.09. The first kappa shape index (κ1) is 13.3. The predicted octanol–water partition coefficient (Wildman–Crippen LogP) is 5.24. The van der Waals surface area contributed by atoms with Gasteiger partial charge in [0.1, 0.15) is 5.82 Å². The molecule has 2 aromatic carbocycles. The van der Waals surface area contributed by atoms with E-state index < -0.39 is 0 Å². The van der Waals surface area contributed by atoms with Crippen LogP contribution >= 0.6 is 0 Å². The van der Waals surface area contributed by atoms with Crippen LogP contribution in [0.1, 0.15) is 19.4 Å². The molecule has 0 N–H and O–H groups in total. The quantitative estimate of drug-likeness (QED) is 0.659. The van der Waals surface area contributed by atoms with Crippen LogP contribution in [0.2, 0.25) is 0 Å². The monoisotopic (exact) mass is 253 g/mol.